The fourth-order valence-electron chi connectivity index (χ4n) is 4.32. The summed E-state index contributed by atoms with van der Waals surface area (Å²) in [4.78, 5) is 0. The minimum absolute atomic E-state index is 0.281. The molecule has 0 bridgehead atoms. The first kappa shape index (κ1) is 18.2. The summed E-state index contributed by atoms with van der Waals surface area (Å²) >= 11 is 0. The maximum absolute atomic E-state index is 10.6. The zero-order chi connectivity index (χ0) is 17.0. The zero-order valence-corrected chi connectivity index (χ0v) is 15.3. The van der Waals surface area contributed by atoms with Gasteiger partial charge in [0.2, 0.25) is 0 Å². The van der Waals surface area contributed by atoms with E-state index < -0.39 is 0 Å². The van der Waals surface area contributed by atoms with Gasteiger partial charge >= 0.3 is 0 Å². The molecule has 1 aromatic rings. The van der Waals surface area contributed by atoms with Gasteiger partial charge in [0, 0.05) is 5.56 Å². The van der Waals surface area contributed by atoms with E-state index in [0.29, 0.717) is 29.3 Å². The van der Waals surface area contributed by atoms with Crippen LogP contribution in [0.4, 0.5) is 0 Å². The molecule has 2 rings (SSSR count). The van der Waals surface area contributed by atoms with Crippen molar-refractivity contribution in [2.45, 2.75) is 78.6 Å². The Morgan fingerprint density at radius 3 is 2.30 bits per heavy atom. The van der Waals surface area contributed by atoms with Crippen molar-refractivity contribution in [3.8, 4) is 11.5 Å². The predicted molar refractivity (Wildman–Crippen MR) is 97.1 cm³/mol. The van der Waals surface area contributed by atoms with Crippen LogP contribution in [0, 0.1) is 17.8 Å². The van der Waals surface area contributed by atoms with E-state index in [-0.39, 0.29) is 5.92 Å². The van der Waals surface area contributed by atoms with Gasteiger partial charge in [0.05, 0.1) is 0 Å². The fraction of sp³-hybridized carbons (Fsp3) is 0.714. The van der Waals surface area contributed by atoms with Gasteiger partial charge < -0.3 is 10.2 Å². The third-order valence-electron chi connectivity index (χ3n) is 5.66. The van der Waals surface area contributed by atoms with Crippen LogP contribution >= 0.6 is 0 Å². The van der Waals surface area contributed by atoms with Gasteiger partial charge in [-0.15, -0.1) is 0 Å². The Morgan fingerprint density at radius 1 is 1.09 bits per heavy atom. The maximum Gasteiger partial charge on any atom is 0.123 e. The van der Waals surface area contributed by atoms with Crippen LogP contribution in [0.2, 0.25) is 0 Å². The summed E-state index contributed by atoms with van der Waals surface area (Å²) in [5, 5.41) is 21.2. The minimum Gasteiger partial charge on any atom is -0.508 e. The summed E-state index contributed by atoms with van der Waals surface area (Å²) in [7, 11) is 0. The van der Waals surface area contributed by atoms with Gasteiger partial charge in [0.15, 0.2) is 0 Å². The molecule has 2 nitrogen and oxygen atoms in total. The quantitative estimate of drug-likeness (QED) is 0.631. The molecule has 130 valence electrons. The van der Waals surface area contributed by atoms with Crippen LogP contribution in [0.1, 0.15) is 83.3 Å². The first-order chi connectivity index (χ1) is 10.9. The van der Waals surface area contributed by atoms with E-state index in [1.807, 2.05) is 12.1 Å². The van der Waals surface area contributed by atoms with Crippen molar-refractivity contribution < 1.29 is 10.2 Å². The molecule has 3 unspecified atom stereocenters. The molecular weight excluding hydrogens is 284 g/mol. The van der Waals surface area contributed by atoms with Gasteiger partial charge in [-0.3, -0.25) is 0 Å². The van der Waals surface area contributed by atoms with Crippen LogP contribution in [0.25, 0.3) is 0 Å². The van der Waals surface area contributed by atoms with Gasteiger partial charge in [-0.1, -0.05) is 47.0 Å². The monoisotopic (exact) mass is 318 g/mol. The number of aromatic hydroxyl groups is 2. The molecule has 1 saturated carbocycles. The molecule has 0 radical (unpaired) electrons. The Morgan fingerprint density at radius 2 is 1.74 bits per heavy atom. The Balaban J connectivity index is 2.26. The Hall–Kier alpha value is -1.18. The zero-order valence-electron chi connectivity index (χ0n) is 15.3. The lowest BCUT2D eigenvalue weighted by Gasteiger charge is -2.38. The van der Waals surface area contributed by atoms with Crippen LogP contribution in [0.5, 0.6) is 11.5 Å². The third-order valence-corrected chi connectivity index (χ3v) is 5.66. The standard InChI is InChI=1S/C21H34O2/c1-5-6-7-8-16-12-19(22)21(20(23)13-16)18-11-15(4)9-10-17(18)14(2)3/h12-15,17-18,22-23H,5-11H2,1-4H3. The largest absolute Gasteiger partial charge is 0.508 e. The van der Waals surface area contributed by atoms with E-state index in [4.69, 9.17) is 0 Å². The molecule has 0 amide bonds. The lowest BCUT2D eigenvalue weighted by molar-refractivity contribution is 0.192. The van der Waals surface area contributed by atoms with Crippen LogP contribution in [-0.2, 0) is 6.42 Å². The molecule has 3 atom stereocenters. The Kier molecular flexibility index (Phi) is 6.38. The molecule has 23 heavy (non-hydrogen) atoms. The summed E-state index contributed by atoms with van der Waals surface area (Å²) in [5.74, 6) is 2.69. The first-order valence-electron chi connectivity index (χ1n) is 9.48. The van der Waals surface area contributed by atoms with Crippen LogP contribution in [0.3, 0.4) is 0 Å². The number of hydrogen-bond acceptors (Lipinski definition) is 2. The minimum atomic E-state index is 0.281. The van der Waals surface area contributed by atoms with Gasteiger partial charge in [-0.2, -0.15) is 0 Å². The van der Waals surface area contributed by atoms with Gasteiger partial charge in [-0.25, -0.2) is 0 Å². The van der Waals surface area contributed by atoms with Crippen molar-refractivity contribution in [3.63, 3.8) is 0 Å². The predicted octanol–water partition coefficient (Wildman–Crippen LogP) is 6.01. The first-order valence-corrected chi connectivity index (χ1v) is 9.48. The molecule has 2 N–H and O–H groups in total. The number of rotatable bonds is 6. The molecule has 0 aliphatic heterocycles. The normalized spacial score (nSPS) is 25.0. The van der Waals surface area contributed by atoms with Gasteiger partial charge in [0.25, 0.3) is 0 Å². The smallest absolute Gasteiger partial charge is 0.123 e. The lowest BCUT2D eigenvalue weighted by atomic mass is 9.67. The van der Waals surface area contributed by atoms with Crippen LogP contribution in [-0.4, -0.2) is 10.2 Å². The Labute approximate surface area is 141 Å². The molecular formula is C21H34O2. The van der Waals surface area contributed by atoms with Crippen molar-refractivity contribution in [1.82, 2.24) is 0 Å². The van der Waals surface area contributed by atoms with E-state index >= 15 is 0 Å². The van der Waals surface area contributed by atoms with E-state index in [0.717, 1.165) is 30.4 Å². The summed E-state index contributed by atoms with van der Waals surface area (Å²) in [6.07, 6.45) is 7.95. The van der Waals surface area contributed by atoms with Gasteiger partial charge in [-0.05, 0) is 67.1 Å². The fourth-order valence-corrected chi connectivity index (χ4v) is 4.32. The molecule has 1 aromatic carbocycles. The second-order valence-electron chi connectivity index (χ2n) is 7.94. The topological polar surface area (TPSA) is 40.5 Å². The molecule has 1 aliphatic carbocycles. The average Bonchev–Trinajstić information content (AvgIpc) is 2.46. The maximum atomic E-state index is 10.6. The summed E-state index contributed by atoms with van der Waals surface area (Å²) in [6.45, 7) is 9.01. The molecule has 0 aromatic heterocycles. The van der Waals surface area contributed by atoms with Crippen molar-refractivity contribution in [2.75, 3.05) is 0 Å². The average molecular weight is 319 g/mol. The molecule has 0 heterocycles. The molecule has 0 saturated heterocycles. The number of benzene rings is 1. The molecule has 2 heteroatoms. The molecule has 0 spiro atoms. The number of hydrogen-bond donors (Lipinski definition) is 2. The van der Waals surface area contributed by atoms with Crippen LogP contribution < -0.4 is 0 Å². The number of aryl methyl sites for hydroxylation is 1. The van der Waals surface area contributed by atoms with Crippen molar-refractivity contribution in [3.05, 3.63) is 23.3 Å². The van der Waals surface area contributed by atoms with E-state index in [1.54, 1.807) is 0 Å². The Bertz CT molecular complexity index is 484. The van der Waals surface area contributed by atoms with Crippen molar-refractivity contribution in [1.29, 1.82) is 0 Å². The number of phenolic OH excluding ortho intramolecular Hbond substituents is 2. The van der Waals surface area contributed by atoms with Crippen molar-refractivity contribution >= 4 is 0 Å². The summed E-state index contributed by atoms with van der Waals surface area (Å²) in [6, 6.07) is 3.78. The molecule has 1 aliphatic rings. The highest BCUT2D eigenvalue weighted by atomic mass is 16.3. The second kappa shape index (κ2) is 8.08. The third kappa shape index (κ3) is 4.43. The van der Waals surface area contributed by atoms with E-state index in [1.165, 1.54) is 25.7 Å². The van der Waals surface area contributed by atoms with Gasteiger partial charge in [0.1, 0.15) is 11.5 Å². The highest BCUT2D eigenvalue weighted by Crippen LogP contribution is 2.49. The molecule has 1 fully saturated rings. The second-order valence-corrected chi connectivity index (χ2v) is 7.94. The van der Waals surface area contributed by atoms with E-state index in [2.05, 4.69) is 27.7 Å². The van der Waals surface area contributed by atoms with Crippen molar-refractivity contribution in [2.24, 2.45) is 17.8 Å². The SMILES string of the molecule is CCCCCc1cc(O)c(C2CC(C)CCC2C(C)C)c(O)c1. The lowest BCUT2D eigenvalue weighted by Crippen LogP contribution is -2.26. The summed E-state index contributed by atoms with van der Waals surface area (Å²) < 4.78 is 0. The van der Waals surface area contributed by atoms with E-state index in [9.17, 15) is 10.2 Å². The number of phenols is 2. The van der Waals surface area contributed by atoms with Crippen LogP contribution in [0.15, 0.2) is 12.1 Å². The highest BCUT2D eigenvalue weighted by molar-refractivity contribution is 5.49. The summed E-state index contributed by atoms with van der Waals surface area (Å²) in [5.41, 5.74) is 1.86. The number of unbranched alkanes of at least 4 members (excludes halogenated alkanes) is 2. The highest BCUT2D eigenvalue weighted by Gasteiger charge is 2.34.